The van der Waals surface area contributed by atoms with Gasteiger partial charge in [0.1, 0.15) is 17.5 Å². The molecule has 5 rings (SSSR count). The molecule has 2 aliphatic rings. The summed E-state index contributed by atoms with van der Waals surface area (Å²) >= 11 is 0. The molecule has 8 heteroatoms. The minimum absolute atomic E-state index is 0.0930. The maximum atomic E-state index is 13.2. The standard InChI is InChI=1S/C26H30N6O2/c1-16(2)34-21-7-5-20(6-8-21)31-26(33)22-15-28-24(12-23(22)30-19-3-4-19)32-10-9-18-11-17(13-27)14-29-25(18)32/h9-12,14-16,19-21H,3-8H2,1-2H3,(H,28,30)(H,31,33). The molecule has 0 bridgehead atoms. The van der Waals surface area contributed by atoms with Crippen LogP contribution in [0, 0.1) is 11.3 Å². The van der Waals surface area contributed by atoms with E-state index in [9.17, 15) is 4.79 Å². The molecule has 2 saturated carbocycles. The fourth-order valence-corrected chi connectivity index (χ4v) is 4.59. The van der Waals surface area contributed by atoms with Gasteiger partial charge in [-0.25, -0.2) is 9.97 Å². The molecule has 2 fully saturated rings. The number of aromatic nitrogens is 3. The van der Waals surface area contributed by atoms with Crippen LogP contribution in [0.15, 0.2) is 36.8 Å². The minimum atomic E-state index is -0.0930. The highest BCUT2D eigenvalue weighted by molar-refractivity contribution is 6.00. The van der Waals surface area contributed by atoms with Crippen LogP contribution in [-0.2, 0) is 4.74 Å². The van der Waals surface area contributed by atoms with Crippen molar-refractivity contribution in [1.29, 1.82) is 5.26 Å². The van der Waals surface area contributed by atoms with Gasteiger partial charge >= 0.3 is 0 Å². The Morgan fingerprint density at radius 1 is 1.12 bits per heavy atom. The van der Waals surface area contributed by atoms with E-state index in [1.54, 1.807) is 12.4 Å². The third kappa shape index (κ3) is 4.90. The maximum Gasteiger partial charge on any atom is 0.255 e. The van der Waals surface area contributed by atoms with Crippen molar-refractivity contribution in [1.82, 2.24) is 19.9 Å². The predicted octanol–water partition coefficient (Wildman–Crippen LogP) is 4.33. The monoisotopic (exact) mass is 458 g/mol. The molecule has 0 aliphatic heterocycles. The Hall–Kier alpha value is -3.44. The molecule has 2 aliphatic carbocycles. The van der Waals surface area contributed by atoms with E-state index in [2.05, 4.69) is 40.5 Å². The summed E-state index contributed by atoms with van der Waals surface area (Å²) in [5, 5.41) is 16.7. The molecule has 2 N–H and O–H groups in total. The van der Waals surface area contributed by atoms with Gasteiger partial charge in [0.15, 0.2) is 0 Å². The first kappa shape index (κ1) is 22.4. The molecule has 34 heavy (non-hydrogen) atoms. The van der Waals surface area contributed by atoms with E-state index in [0.717, 1.165) is 55.2 Å². The molecule has 0 unspecified atom stereocenters. The molecule has 0 atom stereocenters. The lowest BCUT2D eigenvalue weighted by molar-refractivity contribution is -0.0159. The Labute approximate surface area is 199 Å². The van der Waals surface area contributed by atoms with Crippen molar-refractivity contribution in [3.8, 4) is 11.9 Å². The van der Waals surface area contributed by atoms with Crippen LogP contribution in [0.1, 0.15) is 68.3 Å². The van der Waals surface area contributed by atoms with Gasteiger partial charge in [0, 0.05) is 42.1 Å². The Kier molecular flexibility index (Phi) is 6.20. The number of rotatable bonds is 7. The second-order valence-electron chi connectivity index (χ2n) is 9.57. The molecule has 3 aromatic rings. The Morgan fingerprint density at radius 2 is 1.88 bits per heavy atom. The fourth-order valence-electron chi connectivity index (χ4n) is 4.59. The van der Waals surface area contributed by atoms with Crippen LogP contribution < -0.4 is 10.6 Å². The van der Waals surface area contributed by atoms with Crippen LogP contribution in [0.4, 0.5) is 5.69 Å². The molecule has 0 radical (unpaired) electrons. The van der Waals surface area contributed by atoms with Gasteiger partial charge < -0.3 is 15.4 Å². The molecule has 1 amide bonds. The van der Waals surface area contributed by atoms with Crippen LogP contribution >= 0.6 is 0 Å². The lowest BCUT2D eigenvalue weighted by atomic mass is 9.92. The van der Waals surface area contributed by atoms with Gasteiger partial charge in [-0.1, -0.05) is 0 Å². The van der Waals surface area contributed by atoms with E-state index in [4.69, 9.17) is 10.00 Å². The predicted molar refractivity (Wildman–Crippen MR) is 130 cm³/mol. The largest absolute Gasteiger partial charge is 0.382 e. The molecule has 0 spiro atoms. The highest BCUT2D eigenvalue weighted by Gasteiger charge is 2.27. The molecular formula is C26H30N6O2. The van der Waals surface area contributed by atoms with E-state index in [0.29, 0.717) is 23.0 Å². The van der Waals surface area contributed by atoms with Crippen LogP contribution in [0.3, 0.4) is 0 Å². The lowest BCUT2D eigenvalue weighted by Gasteiger charge is -2.30. The zero-order valence-corrected chi connectivity index (χ0v) is 19.6. The van der Waals surface area contributed by atoms with Crippen molar-refractivity contribution >= 4 is 22.6 Å². The number of fused-ring (bicyclic) bond motifs is 1. The lowest BCUT2D eigenvalue weighted by Crippen LogP contribution is -2.39. The summed E-state index contributed by atoms with van der Waals surface area (Å²) in [6.07, 6.45) is 11.6. The fraction of sp³-hybridized carbons (Fsp3) is 0.462. The number of amides is 1. The van der Waals surface area contributed by atoms with Crippen LogP contribution in [0.5, 0.6) is 0 Å². The molecule has 176 valence electrons. The van der Waals surface area contributed by atoms with Crippen molar-refractivity contribution in [2.24, 2.45) is 0 Å². The second-order valence-corrected chi connectivity index (χ2v) is 9.57. The molecule has 0 aromatic carbocycles. The highest BCUT2D eigenvalue weighted by Crippen LogP contribution is 2.29. The van der Waals surface area contributed by atoms with E-state index in [1.165, 1.54) is 0 Å². The maximum absolute atomic E-state index is 13.2. The first-order valence-electron chi connectivity index (χ1n) is 12.1. The topological polar surface area (TPSA) is 105 Å². The number of hydrogen-bond donors (Lipinski definition) is 2. The normalized spacial score (nSPS) is 20.3. The number of carbonyl (C=O) groups is 1. The number of nitriles is 1. The first-order chi connectivity index (χ1) is 16.5. The summed E-state index contributed by atoms with van der Waals surface area (Å²) < 4.78 is 7.82. The number of nitrogens with one attached hydrogen (secondary N) is 2. The zero-order valence-electron chi connectivity index (χ0n) is 19.6. The minimum Gasteiger partial charge on any atom is -0.382 e. The first-order valence-corrected chi connectivity index (χ1v) is 12.1. The molecule has 3 heterocycles. The number of carbonyl (C=O) groups excluding carboxylic acids is 1. The number of hydrogen-bond acceptors (Lipinski definition) is 6. The summed E-state index contributed by atoms with van der Waals surface area (Å²) in [6.45, 7) is 4.13. The summed E-state index contributed by atoms with van der Waals surface area (Å²) in [4.78, 5) is 22.2. The van der Waals surface area contributed by atoms with Gasteiger partial charge in [-0.15, -0.1) is 0 Å². The average molecular weight is 459 g/mol. The van der Waals surface area contributed by atoms with Crippen molar-refractivity contribution in [2.75, 3.05) is 5.32 Å². The van der Waals surface area contributed by atoms with Gasteiger partial charge in [-0.3, -0.25) is 9.36 Å². The van der Waals surface area contributed by atoms with Gasteiger partial charge in [0.25, 0.3) is 5.91 Å². The Balaban J connectivity index is 1.35. The van der Waals surface area contributed by atoms with E-state index >= 15 is 0 Å². The smallest absolute Gasteiger partial charge is 0.255 e. The Bertz CT molecular complexity index is 1230. The Morgan fingerprint density at radius 3 is 2.59 bits per heavy atom. The highest BCUT2D eigenvalue weighted by atomic mass is 16.5. The third-order valence-electron chi connectivity index (χ3n) is 6.45. The molecule has 3 aromatic heterocycles. The summed E-state index contributed by atoms with van der Waals surface area (Å²) in [6, 6.07) is 8.31. The SMILES string of the molecule is CC(C)OC1CCC(NC(=O)c2cnc(-n3ccc4cc(C#N)cnc43)cc2NC2CC2)CC1. The number of nitrogens with zero attached hydrogens (tertiary/aromatic N) is 4. The van der Waals surface area contributed by atoms with Crippen LogP contribution in [-0.4, -0.2) is 44.7 Å². The molecule has 0 saturated heterocycles. The van der Waals surface area contributed by atoms with Gasteiger partial charge in [-0.2, -0.15) is 5.26 Å². The van der Waals surface area contributed by atoms with Gasteiger partial charge in [-0.05, 0) is 64.5 Å². The van der Waals surface area contributed by atoms with Crippen molar-refractivity contribution in [2.45, 2.75) is 76.7 Å². The number of anilines is 1. The number of ether oxygens (including phenoxy) is 1. The van der Waals surface area contributed by atoms with E-state index in [1.807, 2.05) is 29.0 Å². The van der Waals surface area contributed by atoms with Crippen LogP contribution in [0.25, 0.3) is 16.9 Å². The average Bonchev–Trinajstić information content (AvgIpc) is 3.55. The quantitative estimate of drug-likeness (QED) is 0.546. The van der Waals surface area contributed by atoms with Crippen molar-refractivity contribution in [3.63, 3.8) is 0 Å². The molecular weight excluding hydrogens is 428 g/mol. The van der Waals surface area contributed by atoms with E-state index in [-0.39, 0.29) is 24.2 Å². The van der Waals surface area contributed by atoms with Crippen molar-refractivity contribution in [3.05, 3.63) is 47.9 Å². The van der Waals surface area contributed by atoms with Crippen molar-refractivity contribution < 1.29 is 9.53 Å². The summed E-state index contributed by atoms with van der Waals surface area (Å²) in [5.74, 6) is 0.586. The summed E-state index contributed by atoms with van der Waals surface area (Å²) in [5.41, 5.74) is 2.59. The third-order valence-corrected chi connectivity index (χ3v) is 6.45. The zero-order chi connectivity index (χ0) is 23.7. The second kappa shape index (κ2) is 9.43. The van der Waals surface area contributed by atoms with Gasteiger partial charge in [0.05, 0.1) is 29.0 Å². The van der Waals surface area contributed by atoms with E-state index < -0.39 is 0 Å². The van der Waals surface area contributed by atoms with Crippen LogP contribution in [0.2, 0.25) is 0 Å². The molecule has 8 nitrogen and oxygen atoms in total. The summed E-state index contributed by atoms with van der Waals surface area (Å²) in [7, 11) is 0. The number of pyridine rings is 2. The van der Waals surface area contributed by atoms with Gasteiger partial charge in [0.2, 0.25) is 0 Å².